The van der Waals surface area contributed by atoms with Crippen LogP contribution in [-0.4, -0.2) is 15.9 Å². The minimum Gasteiger partial charge on any atom is -0.457 e. The number of nitrogens with one attached hydrogen (secondary N) is 1. The normalized spacial score (nSPS) is 10.3. The monoisotopic (exact) mass is 350 g/mol. The van der Waals surface area contributed by atoms with E-state index < -0.39 is 10.9 Å². The fourth-order valence-corrected chi connectivity index (χ4v) is 2.45. The molecule has 0 amide bonds. The lowest BCUT2D eigenvalue weighted by Gasteiger charge is -2.07. The molecule has 0 fully saturated rings. The van der Waals surface area contributed by atoms with Gasteiger partial charge in [0.15, 0.2) is 0 Å². The molecule has 1 N–H and O–H groups in total. The Kier molecular flexibility index (Phi) is 4.89. The van der Waals surface area contributed by atoms with Crippen molar-refractivity contribution in [3.63, 3.8) is 0 Å². The molecule has 7 nitrogen and oxygen atoms in total. The number of nitrogens with zero attached hydrogens (tertiary/aromatic N) is 1. The topological polar surface area (TPSA) is 102 Å². The number of benzene rings is 2. The van der Waals surface area contributed by atoms with Crippen LogP contribution in [0.4, 0.5) is 5.69 Å². The first-order valence-corrected chi connectivity index (χ1v) is 7.74. The van der Waals surface area contributed by atoms with Crippen molar-refractivity contribution in [2.45, 2.75) is 6.61 Å². The summed E-state index contributed by atoms with van der Waals surface area (Å²) in [6.45, 7) is 0.0707. The Morgan fingerprint density at radius 3 is 2.50 bits per heavy atom. The van der Waals surface area contributed by atoms with Crippen molar-refractivity contribution in [1.29, 1.82) is 0 Å². The average molecular weight is 350 g/mol. The highest BCUT2D eigenvalue weighted by Gasteiger charge is 2.20. The summed E-state index contributed by atoms with van der Waals surface area (Å²) in [4.78, 5) is 37.0. The van der Waals surface area contributed by atoms with Crippen molar-refractivity contribution in [3.8, 4) is 11.3 Å². The van der Waals surface area contributed by atoms with E-state index in [0.29, 0.717) is 5.69 Å². The van der Waals surface area contributed by atoms with Crippen LogP contribution in [0, 0.1) is 10.1 Å². The zero-order valence-electron chi connectivity index (χ0n) is 13.5. The Labute approximate surface area is 148 Å². The molecule has 3 rings (SSSR count). The third-order valence-corrected chi connectivity index (χ3v) is 3.70. The standard InChI is InChI=1S/C19H14N2O5/c22-18-8-4-7-16(20-18)15-10-9-14(11-17(15)21(24)25)19(23)26-12-13-5-2-1-3-6-13/h1-11H,12H2,(H,20,22). The van der Waals surface area contributed by atoms with Crippen LogP contribution in [-0.2, 0) is 11.3 Å². The van der Waals surface area contributed by atoms with Crippen LogP contribution in [0.5, 0.6) is 0 Å². The molecule has 130 valence electrons. The summed E-state index contributed by atoms with van der Waals surface area (Å²) in [6.07, 6.45) is 0. The summed E-state index contributed by atoms with van der Waals surface area (Å²) in [5.74, 6) is -0.662. The number of hydrogen-bond donors (Lipinski definition) is 1. The molecular weight excluding hydrogens is 336 g/mol. The van der Waals surface area contributed by atoms with Crippen molar-refractivity contribution in [3.05, 3.63) is 98.3 Å². The zero-order chi connectivity index (χ0) is 18.5. The smallest absolute Gasteiger partial charge is 0.338 e. The van der Waals surface area contributed by atoms with Crippen LogP contribution in [0.25, 0.3) is 11.3 Å². The van der Waals surface area contributed by atoms with Gasteiger partial charge in [0.05, 0.1) is 21.7 Å². The van der Waals surface area contributed by atoms with Gasteiger partial charge in [-0.2, -0.15) is 0 Å². The van der Waals surface area contributed by atoms with Gasteiger partial charge in [0.1, 0.15) is 6.61 Å². The van der Waals surface area contributed by atoms with Gasteiger partial charge in [-0.1, -0.05) is 36.4 Å². The fourth-order valence-electron chi connectivity index (χ4n) is 2.45. The molecule has 1 aromatic heterocycles. The predicted molar refractivity (Wildman–Crippen MR) is 94.7 cm³/mol. The van der Waals surface area contributed by atoms with Gasteiger partial charge in [-0.25, -0.2) is 4.79 Å². The number of carbonyl (C=O) groups excluding carboxylic acids is 1. The van der Waals surface area contributed by atoms with Gasteiger partial charge >= 0.3 is 5.97 Å². The summed E-state index contributed by atoms with van der Waals surface area (Å²) in [7, 11) is 0. The van der Waals surface area contributed by atoms with E-state index in [1.54, 1.807) is 6.07 Å². The number of hydrogen-bond acceptors (Lipinski definition) is 5. The van der Waals surface area contributed by atoms with Crippen molar-refractivity contribution in [2.24, 2.45) is 0 Å². The maximum atomic E-state index is 12.2. The highest BCUT2D eigenvalue weighted by atomic mass is 16.6. The van der Waals surface area contributed by atoms with Gasteiger partial charge in [0, 0.05) is 12.1 Å². The molecule has 0 atom stereocenters. The number of H-pyrrole nitrogens is 1. The second-order valence-electron chi connectivity index (χ2n) is 5.48. The van der Waals surface area contributed by atoms with Crippen LogP contribution in [0.3, 0.4) is 0 Å². The molecule has 0 unspecified atom stereocenters. The van der Waals surface area contributed by atoms with E-state index in [4.69, 9.17) is 4.74 Å². The second-order valence-corrected chi connectivity index (χ2v) is 5.48. The molecule has 0 saturated heterocycles. The molecule has 2 aromatic carbocycles. The van der Waals surface area contributed by atoms with Gasteiger partial charge in [0.25, 0.3) is 5.69 Å². The average Bonchev–Trinajstić information content (AvgIpc) is 2.66. The van der Waals surface area contributed by atoms with Gasteiger partial charge in [-0.05, 0) is 23.8 Å². The minimum atomic E-state index is -0.662. The van der Waals surface area contributed by atoms with Crippen molar-refractivity contribution in [2.75, 3.05) is 0 Å². The Hall–Kier alpha value is -3.74. The predicted octanol–water partition coefficient (Wildman–Crippen LogP) is 3.31. The molecule has 0 aliphatic rings. The second kappa shape index (κ2) is 7.43. The number of aromatic nitrogens is 1. The molecule has 0 aliphatic heterocycles. The van der Waals surface area contributed by atoms with Crippen LogP contribution >= 0.6 is 0 Å². The molecular formula is C19H14N2O5. The summed E-state index contributed by atoms with van der Waals surface area (Å²) in [6, 6.07) is 17.5. The van der Waals surface area contributed by atoms with E-state index in [0.717, 1.165) is 11.6 Å². The molecule has 0 radical (unpaired) electrons. The number of nitro benzene ring substituents is 1. The Morgan fingerprint density at radius 1 is 1.04 bits per heavy atom. The molecule has 1 heterocycles. The van der Waals surface area contributed by atoms with Crippen LogP contribution in [0.15, 0.2) is 71.5 Å². The van der Waals surface area contributed by atoms with Gasteiger partial charge in [-0.3, -0.25) is 14.9 Å². The van der Waals surface area contributed by atoms with Crippen molar-refractivity contribution < 1.29 is 14.5 Å². The lowest BCUT2D eigenvalue weighted by Crippen LogP contribution is -2.07. The summed E-state index contributed by atoms with van der Waals surface area (Å²) < 4.78 is 5.19. The number of esters is 1. The number of rotatable bonds is 5. The lowest BCUT2D eigenvalue weighted by atomic mass is 10.1. The molecule has 26 heavy (non-hydrogen) atoms. The summed E-state index contributed by atoms with van der Waals surface area (Å²) >= 11 is 0. The Balaban J connectivity index is 1.87. The highest BCUT2D eigenvalue weighted by Crippen LogP contribution is 2.29. The van der Waals surface area contributed by atoms with Crippen molar-refractivity contribution in [1.82, 2.24) is 4.98 Å². The maximum Gasteiger partial charge on any atom is 0.338 e. The first kappa shape index (κ1) is 17.1. The maximum absolute atomic E-state index is 12.2. The van der Waals surface area contributed by atoms with E-state index in [1.165, 1.54) is 24.3 Å². The quantitative estimate of drug-likeness (QED) is 0.432. The van der Waals surface area contributed by atoms with E-state index >= 15 is 0 Å². The number of pyridine rings is 1. The third-order valence-electron chi connectivity index (χ3n) is 3.70. The van der Waals surface area contributed by atoms with Gasteiger partial charge < -0.3 is 9.72 Å². The fraction of sp³-hybridized carbons (Fsp3) is 0.0526. The molecule has 3 aromatic rings. The van der Waals surface area contributed by atoms with Crippen LogP contribution in [0.1, 0.15) is 15.9 Å². The summed E-state index contributed by atoms with van der Waals surface area (Å²) in [5.41, 5.74) is 0.730. The number of aromatic amines is 1. The van der Waals surface area contributed by atoms with Crippen LogP contribution < -0.4 is 5.56 Å². The van der Waals surface area contributed by atoms with E-state index in [9.17, 15) is 19.7 Å². The molecule has 0 aliphatic carbocycles. The Bertz CT molecular complexity index is 1010. The largest absolute Gasteiger partial charge is 0.457 e. The van der Waals surface area contributed by atoms with E-state index in [2.05, 4.69) is 4.98 Å². The molecule has 0 saturated carbocycles. The van der Waals surface area contributed by atoms with Gasteiger partial charge in [-0.15, -0.1) is 0 Å². The number of nitro groups is 1. The van der Waals surface area contributed by atoms with Crippen LogP contribution in [0.2, 0.25) is 0 Å². The number of ether oxygens (including phenoxy) is 1. The first-order chi connectivity index (χ1) is 12.5. The van der Waals surface area contributed by atoms with E-state index in [1.807, 2.05) is 30.3 Å². The lowest BCUT2D eigenvalue weighted by molar-refractivity contribution is -0.384. The van der Waals surface area contributed by atoms with E-state index in [-0.39, 0.29) is 29.0 Å². The third kappa shape index (κ3) is 3.84. The SMILES string of the molecule is O=C(OCc1ccccc1)c1ccc(-c2cccc(=O)[nH]2)c([N+](=O)[O-])c1. The number of carbonyl (C=O) groups is 1. The Morgan fingerprint density at radius 2 is 1.81 bits per heavy atom. The highest BCUT2D eigenvalue weighted by molar-refractivity contribution is 5.91. The molecule has 7 heteroatoms. The first-order valence-electron chi connectivity index (χ1n) is 7.74. The zero-order valence-corrected chi connectivity index (χ0v) is 13.5. The minimum absolute atomic E-state index is 0.0645. The molecule has 0 spiro atoms. The molecule has 0 bridgehead atoms. The van der Waals surface area contributed by atoms with Gasteiger partial charge in [0.2, 0.25) is 5.56 Å². The van der Waals surface area contributed by atoms with Crippen molar-refractivity contribution >= 4 is 11.7 Å². The summed E-state index contributed by atoms with van der Waals surface area (Å²) in [5, 5.41) is 11.4.